The lowest BCUT2D eigenvalue weighted by molar-refractivity contribution is 0.473. The van der Waals surface area contributed by atoms with Crippen LogP contribution in [0.15, 0.2) is 67.1 Å². The highest BCUT2D eigenvalue weighted by atomic mass is 16.3. The van der Waals surface area contributed by atoms with Crippen LogP contribution >= 0.6 is 0 Å². The van der Waals surface area contributed by atoms with Crippen molar-refractivity contribution >= 4 is 22.2 Å². The largest absolute Gasteiger partial charge is 0.506 e. The van der Waals surface area contributed by atoms with Crippen molar-refractivity contribution in [3.63, 3.8) is 0 Å². The number of fused-ring (bicyclic) bond motifs is 2. The molecule has 0 aliphatic carbocycles. The molecule has 154 valence electrons. The van der Waals surface area contributed by atoms with E-state index in [9.17, 15) is 5.11 Å². The average molecular weight is 419 g/mol. The maximum Gasteiger partial charge on any atom is 0.178 e. The fourth-order valence-corrected chi connectivity index (χ4v) is 3.87. The maximum atomic E-state index is 9.77. The molecule has 0 spiro atoms. The molecule has 6 rings (SSSR count). The SMILES string of the molecule is Cc1cccc(-c2ccnc3nc(-c4n[nH]c5ccc(-c6cncc(O)c6)nc45)[nH]c23)c1. The Morgan fingerprint density at radius 2 is 1.88 bits per heavy atom. The molecule has 32 heavy (non-hydrogen) atoms. The molecule has 0 radical (unpaired) electrons. The van der Waals surface area contributed by atoms with Crippen LogP contribution in [0.2, 0.25) is 0 Å². The van der Waals surface area contributed by atoms with Crippen molar-refractivity contribution in [2.24, 2.45) is 0 Å². The van der Waals surface area contributed by atoms with Gasteiger partial charge in [-0.3, -0.25) is 10.1 Å². The molecule has 0 bridgehead atoms. The third kappa shape index (κ3) is 2.97. The van der Waals surface area contributed by atoms with Crippen LogP contribution < -0.4 is 0 Å². The first-order chi connectivity index (χ1) is 15.7. The Kier molecular flexibility index (Phi) is 3.97. The van der Waals surface area contributed by atoms with Gasteiger partial charge in [0.2, 0.25) is 0 Å². The highest BCUT2D eigenvalue weighted by molar-refractivity contribution is 5.95. The van der Waals surface area contributed by atoms with Gasteiger partial charge >= 0.3 is 0 Å². The normalized spacial score (nSPS) is 11.4. The second-order valence-corrected chi connectivity index (χ2v) is 7.61. The van der Waals surface area contributed by atoms with E-state index >= 15 is 0 Å². The molecule has 0 aliphatic heterocycles. The molecule has 5 aromatic heterocycles. The van der Waals surface area contributed by atoms with Gasteiger partial charge in [0.05, 0.1) is 22.9 Å². The topological polar surface area (TPSA) is 116 Å². The molecule has 0 saturated heterocycles. The van der Waals surface area contributed by atoms with Crippen molar-refractivity contribution < 1.29 is 5.11 Å². The third-order valence-electron chi connectivity index (χ3n) is 5.37. The zero-order chi connectivity index (χ0) is 21.7. The number of pyridine rings is 3. The lowest BCUT2D eigenvalue weighted by Gasteiger charge is -2.03. The fraction of sp³-hybridized carbons (Fsp3) is 0.0417. The number of hydrogen-bond donors (Lipinski definition) is 3. The standard InChI is InChI=1S/C24H17N7O/c1-13-3-2-4-14(9-13)17-7-8-26-23-20(17)28-24(29-23)22-21-19(30-31-22)6-5-18(27-21)15-10-16(32)12-25-11-15/h2-12,32H,1H3,(H,30,31)(H,26,28,29). The van der Waals surface area contributed by atoms with Gasteiger partial charge in [-0.25, -0.2) is 15.0 Å². The number of aromatic hydroxyl groups is 1. The van der Waals surface area contributed by atoms with E-state index in [1.54, 1.807) is 18.5 Å². The minimum absolute atomic E-state index is 0.0869. The second-order valence-electron chi connectivity index (χ2n) is 7.61. The van der Waals surface area contributed by atoms with Gasteiger partial charge in [0.15, 0.2) is 17.2 Å². The summed E-state index contributed by atoms with van der Waals surface area (Å²) in [6.45, 7) is 2.07. The van der Waals surface area contributed by atoms with Crippen molar-refractivity contribution in [2.45, 2.75) is 6.92 Å². The van der Waals surface area contributed by atoms with Crippen LogP contribution in [0.25, 0.3) is 56.1 Å². The van der Waals surface area contributed by atoms with Gasteiger partial charge in [-0.05, 0) is 36.8 Å². The minimum Gasteiger partial charge on any atom is -0.506 e. The molecule has 8 nitrogen and oxygen atoms in total. The molecule has 8 heteroatoms. The molecular weight excluding hydrogens is 402 g/mol. The number of imidazole rings is 1. The molecule has 0 atom stereocenters. The van der Waals surface area contributed by atoms with Crippen LogP contribution in [0.4, 0.5) is 0 Å². The lowest BCUT2D eigenvalue weighted by atomic mass is 10.0. The summed E-state index contributed by atoms with van der Waals surface area (Å²) < 4.78 is 0. The van der Waals surface area contributed by atoms with E-state index in [-0.39, 0.29) is 5.75 Å². The monoisotopic (exact) mass is 419 g/mol. The van der Waals surface area contributed by atoms with Gasteiger partial charge in [-0.15, -0.1) is 0 Å². The first-order valence-electron chi connectivity index (χ1n) is 10.1. The summed E-state index contributed by atoms with van der Waals surface area (Å²) in [5, 5.41) is 17.2. The maximum absolute atomic E-state index is 9.77. The Labute approximate surface area is 182 Å². The quantitative estimate of drug-likeness (QED) is 0.385. The van der Waals surface area contributed by atoms with E-state index < -0.39 is 0 Å². The van der Waals surface area contributed by atoms with Crippen LogP contribution in [0.1, 0.15) is 5.56 Å². The Morgan fingerprint density at radius 1 is 0.938 bits per heavy atom. The van der Waals surface area contributed by atoms with E-state index in [2.05, 4.69) is 55.3 Å². The van der Waals surface area contributed by atoms with Gasteiger partial charge in [0.1, 0.15) is 11.3 Å². The van der Waals surface area contributed by atoms with Crippen LogP contribution in [-0.2, 0) is 0 Å². The van der Waals surface area contributed by atoms with Gasteiger partial charge in [0.25, 0.3) is 0 Å². The molecule has 0 unspecified atom stereocenters. The summed E-state index contributed by atoms with van der Waals surface area (Å²) in [5.74, 6) is 0.668. The Bertz CT molecular complexity index is 1620. The zero-order valence-corrected chi connectivity index (χ0v) is 17.0. The molecule has 6 aromatic rings. The zero-order valence-electron chi connectivity index (χ0n) is 17.0. The van der Waals surface area contributed by atoms with Crippen molar-refractivity contribution in [3.05, 3.63) is 72.7 Å². The molecule has 0 aliphatic rings. The molecule has 0 saturated carbocycles. The number of aryl methyl sites for hydroxylation is 1. The molecule has 0 amide bonds. The summed E-state index contributed by atoms with van der Waals surface area (Å²) in [4.78, 5) is 21.3. The van der Waals surface area contributed by atoms with Crippen LogP contribution in [0.5, 0.6) is 5.75 Å². The number of benzene rings is 1. The first kappa shape index (κ1) is 18.2. The Balaban J connectivity index is 1.51. The number of hydrogen-bond acceptors (Lipinski definition) is 6. The van der Waals surface area contributed by atoms with Crippen LogP contribution in [0.3, 0.4) is 0 Å². The fourth-order valence-electron chi connectivity index (χ4n) is 3.87. The first-order valence-corrected chi connectivity index (χ1v) is 10.1. The van der Waals surface area contributed by atoms with Gasteiger partial charge in [-0.1, -0.05) is 29.8 Å². The van der Waals surface area contributed by atoms with E-state index in [0.29, 0.717) is 33.9 Å². The van der Waals surface area contributed by atoms with Crippen molar-refractivity contribution in [3.8, 4) is 39.7 Å². The van der Waals surface area contributed by atoms with E-state index in [0.717, 1.165) is 22.2 Å². The third-order valence-corrected chi connectivity index (χ3v) is 5.37. The summed E-state index contributed by atoms with van der Waals surface area (Å²) >= 11 is 0. The second kappa shape index (κ2) is 6.98. The van der Waals surface area contributed by atoms with Crippen molar-refractivity contribution in [2.75, 3.05) is 0 Å². The van der Waals surface area contributed by atoms with Crippen molar-refractivity contribution in [1.29, 1.82) is 0 Å². The number of nitrogens with zero attached hydrogens (tertiary/aromatic N) is 5. The average Bonchev–Trinajstić information content (AvgIpc) is 3.42. The minimum atomic E-state index is 0.0869. The molecule has 1 aromatic carbocycles. The number of nitrogens with one attached hydrogen (secondary N) is 2. The smallest absolute Gasteiger partial charge is 0.178 e. The van der Waals surface area contributed by atoms with Gasteiger partial charge < -0.3 is 10.1 Å². The molecule has 3 N–H and O–H groups in total. The Morgan fingerprint density at radius 3 is 2.75 bits per heavy atom. The number of H-pyrrole nitrogens is 2. The Hall–Kier alpha value is -4.59. The highest BCUT2D eigenvalue weighted by Gasteiger charge is 2.17. The summed E-state index contributed by atoms with van der Waals surface area (Å²) in [7, 11) is 0. The summed E-state index contributed by atoms with van der Waals surface area (Å²) in [6.07, 6.45) is 4.81. The molecular formula is C24H17N7O. The number of rotatable bonds is 3. The summed E-state index contributed by atoms with van der Waals surface area (Å²) in [6, 6.07) is 15.7. The van der Waals surface area contributed by atoms with Crippen molar-refractivity contribution in [1.82, 2.24) is 35.1 Å². The predicted molar refractivity (Wildman–Crippen MR) is 122 cm³/mol. The predicted octanol–water partition coefficient (Wildman–Crippen LogP) is 4.64. The molecule has 5 heterocycles. The van der Waals surface area contributed by atoms with Gasteiger partial charge in [0, 0.05) is 23.5 Å². The summed E-state index contributed by atoms with van der Waals surface area (Å²) in [5.41, 5.74) is 8.21. The highest BCUT2D eigenvalue weighted by Crippen LogP contribution is 2.31. The number of aromatic amines is 2. The molecule has 0 fully saturated rings. The van der Waals surface area contributed by atoms with Crippen LogP contribution in [-0.4, -0.2) is 40.2 Å². The van der Waals surface area contributed by atoms with E-state index in [1.807, 2.05) is 24.3 Å². The van der Waals surface area contributed by atoms with E-state index in [1.165, 1.54) is 11.8 Å². The van der Waals surface area contributed by atoms with Crippen LogP contribution in [0, 0.1) is 6.92 Å². The number of aromatic nitrogens is 7. The lowest BCUT2D eigenvalue weighted by Crippen LogP contribution is -1.87. The van der Waals surface area contributed by atoms with E-state index in [4.69, 9.17) is 4.98 Å². The van der Waals surface area contributed by atoms with Gasteiger partial charge in [-0.2, -0.15) is 5.10 Å².